The molecule has 2 aromatic carbocycles. The Hall–Kier alpha value is -2.18. The van der Waals surface area contributed by atoms with E-state index in [9.17, 15) is 14.4 Å². The van der Waals surface area contributed by atoms with Gasteiger partial charge in [0, 0.05) is 16.3 Å². The van der Waals surface area contributed by atoms with Crippen LogP contribution in [-0.2, 0) is 9.59 Å². The number of ether oxygens (including phenoxy) is 1. The van der Waals surface area contributed by atoms with E-state index in [0.29, 0.717) is 16.5 Å². The van der Waals surface area contributed by atoms with E-state index >= 15 is 0 Å². The highest BCUT2D eigenvalue weighted by molar-refractivity contribution is 9.10. The summed E-state index contributed by atoms with van der Waals surface area (Å²) in [5.41, 5.74) is 0.708. The van der Waals surface area contributed by atoms with Crippen molar-refractivity contribution in [3.05, 3.63) is 59.1 Å². The van der Waals surface area contributed by atoms with Gasteiger partial charge in [0.05, 0.1) is 7.11 Å². The molecule has 0 aliphatic carbocycles. The number of amides is 1. The van der Waals surface area contributed by atoms with Crippen molar-refractivity contribution in [1.82, 2.24) is 0 Å². The molecule has 0 aliphatic rings. The predicted molar refractivity (Wildman–Crippen MR) is 95.1 cm³/mol. The summed E-state index contributed by atoms with van der Waals surface area (Å²) in [6.45, 7) is 0. The van der Waals surface area contributed by atoms with Crippen molar-refractivity contribution in [1.29, 1.82) is 0 Å². The number of ketones is 2. The third-order valence-electron chi connectivity index (χ3n) is 3.16. The number of hydrogen-bond donors (Lipinski definition) is 1. The number of methoxy groups -OCH3 is 1. The van der Waals surface area contributed by atoms with Gasteiger partial charge < -0.3 is 10.1 Å². The summed E-state index contributed by atoms with van der Waals surface area (Å²) >= 11 is 8.75. The highest BCUT2D eigenvalue weighted by Gasteiger charge is 2.30. The second-order valence-corrected chi connectivity index (χ2v) is 6.13. The van der Waals surface area contributed by atoms with E-state index in [4.69, 9.17) is 16.3 Å². The first-order chi connectivity index (χ1) is 11.4. The minimum atomic E-state index is -1.27. The number of alkyl halides is 1. The summed E-state index contributed by atoms with van der Waals surface area (Å²) in [6.07, 6.45) is 0. The largest absolute Gasteiger partial charge is 0.497 e. The Morgan fingerprint density at radius 1 is 1.04 bits per heavy atom. The molecule has 1 N–H and O–H groups in total. The zero-order chi connectivity index (χ0) is 17.7. The highest BCUT2D eigenvalue weighted by atomic mass is 79.9. The molecule has 0 aliphatic heterocycles. The van der Waals surface area contributed by atoms with Crippen molar-refractivity contribution in [3.63, 3.8) is 0 Å². The van der Waals surface area contributed by atoms with Gasteiger partial charge in [0.1, 0.15) is 10.6 Å². The number of carbonyl (C=O) groups is 3. The predicted octanol–water partition coefficient (Wildman–Crippen LogP) is 3.50. The van der Waals surface area contributed by atoms with Gasteiger partial charge >= 0.3 is 0 Å². The third kappa shape index (κ3) is 4.43. The summed E-state index contributed by atoms with van der Waals surface area (Å²) in [5, 5.41) is 2.92. The van der Waals surface area contributed by atoms with Crippen LogP contribution < -0.4 is 10.1 Å². The van der Waals surface area contributed by atoms with Crippen LogP contribution in [0.2, 0.25) is 5.02 Å². The molecule has 1 amide bonds. The molecular weight excluding hydrogens is 398 g/mol. The molecule has 0 aromatic heterocycles. The summed E-state index contributed by atoms with van der Waals surface area (Å²) in [5.74, 6) is -1.66. The van der Waals surface area contributed by atoms with Crippen LogP contribution in [0, 0.1) is 0 Å². The minimum Gasteiger partial charge on any atom is -0.497 e. The Morgan fingerprint density at radius 3 is 2.17 bits per heavy atom. The topological polar surface area (TPSA) is 72.5 Å². The van der Waals surface area contributed by atoms with Crippen LogP contribution in [0.4, 0.5) is 5.69 Å². The second-order valence-electron chi connectivity index (χ2n) is 4.78. The van der Waals surface area contributed by atoms with E-state index in [2.05, 4.69) is 21.2 Å². The number of benzene rings is 2. The van der Waals surface area contributed by atoms with E-state index < -0.39 is 22.3 Å². The molecule has 1 atom stereocenters. The Kier molecular flexibility index (Phi) is 6.11. The van der Waals surface area contributed by atoms with E-state index in [-0.39, 0.29) is 5.56 Å². The van der Waals surface area contributed by atoms with Gasteiger partial charge in [-0.15, -0.1) is 0 Å². The fourth-order valence-corrected chi connectivity index (χ4v) is 2.46. The fraction of sp³-hybridized carbons (Fsp3) is 0.118. The van der Waals surface area contributed by atoms with Gasteiger partial charge in [-0.3, -0.25) is 14.4 Å². The molecule has 2 rings (SSSR count). The number of nitrogens with one attached hydrogen (secondary N) is 1. The van der Waals surface area contributed by atoms with Crippen molar-refractivity contribution in [2.45, 2.75) is 4.83 Å². The molecule has 0 spiro atoms. The molecular formula is C17H13BrClNO4. The summed E-state index contributed by atoms with van der Waals surface area (Å²) < 4.78 is 5.01. The lowest BCUT2D eigenvalue weighted by Gasteiger charge is -2.09. The maximum Gasteiger partial charge on any atom is 0.293 e. The molecule has 2 aromatic rings. The van der Waals surface area contributed by atoms with Crippen molar-refractivity contribution >= 4 is 50.7 Å². The van der Waals surface area contributed by atoms with Crippen LogP contribution >= 0.6 is 27.5 Å². The summed E-state index contributed by atoms with van der Waals surface area (Å²) in [4.78, 5) is 35.1. The van der Waals surface area contributed by atoms with Crippen LogP contribution in [-0.4, -0.2) is 29.4 Å². The van der Waals surface area contributed by atoms with Crippen molar-refractivity contribution in [3.8, 4) is 5.75 Å². The molecule has 5 nitrogen and oxygen atoms in total. The number of anilines is 1. The standard InChI is InChI=1S/C17H13BrClNO4/c1-24-13-8-6-12(7-9-13)20-17(23)16(22)14(18)15(21)10-2-4-11(19)5-3-10/h2-9,14H,1H3,(H,20,23). The zero-order valence-electron chi connectivity index (χ0n) is 12.6. The average Bonchev–Trinajstić information content (AvgIpc) is 2.61. The maximum atomic E-state index is 12.2. The zero-order valence-corrected chi connectivity index (χ0v) is 14.9. The molecule has 7 heteroatoms. The molecule has 0 saturated heterocycles. The van der Waals surface area contributed by atoms with Gasteiger partial charge in [-0.25, -0.2) is 0 Å². The lowest BCUT2D eigenvalue weighted by molar-refractivity contribution is -0.133. The molecule has 0 radical (unpaired) electrons. The van der Waals surface area contributed by atoms with E-state index in [1.807, 2.05) is 0 Å². The first-order valence-corrected chi connectivity index (χ1v) is 8.15. The minimum absolute atomic E-state index is 0.284. The number of Topliss-reactive ketones (excluding diaryl/α,β-unsaturated/α-hetero) is 2. The number of halogens is 2. The van der Waals surface area contributed by atoms with Gasteiger partial charge in [-0.2, -0.15) is 0 Å². The van der Waals surface area contributed by atoms with Crippen LogP contribution in [0.25, 0.3) is 0 Å². The Morgan fingerprint density at radius 2 is 1.62 bits per heavy atom. The summed E-state index contributed by atoms with van der Waals surface area (Å²) in [6, 6.07) is 12.5. The van der Waals surface area contributed by atoms with Gasteiger partial charge in [-0.05, 0) is 48.5 Å². The fourth-order valence-electron chi connectivity index (χ4n) is 1.86. The molecule has 0 bridgehead atoms. The monoisotopic (exact) mass is 409 g/mol. The molecule has 0 fully saturated rings. The van der Waals surface area contributed by atoms with Gasteiger partial charge in [-0.1, -0.05) is 27.5 Å². The normalized spacial score (nSPS) is 11.5. The quantitative estimate of drug-likeness (QED) is 0.342. The van der Waals surface area contributed by atoms with Crippen LogP contribution in [0.1, 0.15) is 10.4 Å². The maximum absolute atomic E-state index is 12.2. The first-order valence-electron chi connectivity index (χ1n) is 6.85. The van der Waals surface area contributed by atoms with Gasteiger partial charge in [0.15, 0.2) is 5.78 Å². The van der Waals surface area contributed by atoms with Crippen LogP contribution in [0.5, 0.6) is 5.75 Å². The third-order valence-corrected chi connectivity index (χ3v) is 4.24. The van der Waals surface area contributed by atoms with Gasteiger partial charge in [0.2, 0.25) is 5.78 Å². The van der Waals surface area contributed by atoms with Crippen molar-refractivity contribution in [2.24, 2.45) is 0 Å². The first kappa shape index (κ1) is 18.2. The Balaban J connectivity index is 2.04. The molecule has 0 heterocycles. The number of hydrogen-bond acceptors (Lipinski definition) is 4. The molecule has 24 heavy (non-hydrogen) atoms. The Bertz CT molecular complexity index is 759. The molecule has 1 unspecified atom stereocenters. The average molecular weight is 411 g/mol. The van der Waals surface area contributed by atoms with Crippen molar-refractivity contribution in [2.75, 3.05) is 12.4 Å². The highest BCUT2D eigenvalue weighted by Crippen LogP contribution is 2.17. The number of rotatable bonds is 6. The van der Waals surface area contributed by atoms with Crippen LogP contribution in [0.3, 0.4) is 0 Å². The second kappa shape index (κ2) is 8.08. The SMILES string of the molecule is COc1ccc(NC(=O)C(=O)C(Br)C(=O)c2ccc(Cl)cc2)cc1. The lowest BCUT2D eigenvalue weighted by Crippen LogP contribution is -2.34. The molecule has 124 valence electrons. The Labute approximate surface area is 152 Å². The lowest BCUT2D eigenvalue weighted by atomic mass is 10.1. The number of carbonyl (C=O) groups excluding carboxylic acids is 3. The van der Waals surface area contributed by atoms with Crippen molar-refractivity contribution < 1.29 is 19.1 Å². The van der Waals surface area contributed by atoms with E-state index in [1.165, 1.54) is 31.4 Å². The van der Waals surface area contributed by atoms with E-state index in [0.717, 1.165) is 0 Å². The molecule has 0 saturated carbocycles. The summed E-state index contributed by atoms with van der Waals surface area (Å²) in [7, 11) is 1.52. The van der Waals surface area contributed by atoms with Crippen LogP contribution in [0.15, 0.2) is 48.5 Å². The van der Waals surface area contributed by atoms with Gasteiger partial charge in [0.25, 0.3) is 5.91 Å². The van der Waals surface area contributed by atoms with E-state index in [1.54, 1.807) is 24.3 Å². The smallest absolute Gasteiger partial charge is 0.293 e.